The van der Waals surface area contributed by atoms with E-state index >= 15 is 0 Å². The van der Waals surface area contributed by atoms with E-state index in [-0.39, 0.29) is 25.0 Å². The minimum absolute atomic E-state index is 0.0812. The number of hydrogen-bond donors (Lipinski definition) is 3. The maximum Gasteiger partial charge on any atom is 0.250 e. The Morgan fingerprint density at radius 2 is 2.21 bits per heavy atom. The molecule has 2 atom stereocenters. The number of amides is 2. The molecular formula is C17H23N3O4. The van der Waals surface area contributed by atoms with Gasteiger partial charge in [-0.15, -0.1) is 0 Å². The summed E-state index contributed by atoms with van der Waals surface area (Å²) in [4.78, 5) is 25.5. The van der Waals surface area contributed by atoms with Crippen molar-refractivity contribution in [1.29, 1.82) is 0 Å². The number of β-amino-alcohol motifs (C(OH)–C–C–N with tert-alkyl or cyclic N) is 1. The standard InChI is InChI=1S/C17H23N3O4/c18-16(22)17(23)7-3-8-20(11-17)10-15(21)19-13-6-9-24-14-5-2-1-4-12(13)14/h1-2,4-5,13,23H,3,6-11H2,(H2,18,22)(H,19,21). The van der Waals surface area contributed by atoms with E-state index in [1.54, 1.807) is 4.90 Å². The Bertz CT molecular complexity index is 636. The SMILES string of the molecule is NC(=O)C1(O)CCCN(CC(=O)NC2CCOc3ccccc32)C1. The summed E-state index contributed by atoms with van der Waals surface area (Å²) in [5.74, 6) is -0.0634. The summed E-state index contributed by atoms with van der Waals surface area (Å²) in [7, 11) is 0. The molecule has 2 unspecified atom stereocenters. The van der Waals surface area contributed by atoms with E-state index in [2.05, 4.69) is 5.32 Å². The summed E-state index contributed by atoms with van der Waals surface area (Å²) in [5, 5.41) is 13.2. The zero-order chi connectivity index (χ0) is 17.2. The van der Waals surface area contributed by atoms with Crippen LogP contribution in [0.3, 0.4) is 0 Å². The first kappa shape index (κ1) is 16.7. The summed E-state index contributed by atoms with van der Waals surface area (Å²) in [6.07, 6.45) is 1.69. The molecule has 7 nitrogen and oxygen atoms in total. The molecule has 0 aliphatic carbocycles. The molecule has 1 fully saturated rings. The van der Waals surface area contributed by atoms with Crippen LogP contribution in [0.5, 0.6) is 5.75 Å². The highest BCUT2D eigenvalue weighted by Crippen LogP contribution is 2.31. The maximum absolute atomic E-state index is 12.4. The predicted octanol–water partition coefficient (Wildman–Crippen LogP) is -0.0614. The van der Waals surface area contributed by atoms with E-state index in [0.29, 0.717) is 32.4 Å². The molecule has 0 aromatic heterocycles. The first-order valence-electron chi connectivity index (χ1n) is 8.24. The van der Waals surface area contributed by atoms with E-state index in [0.717, 1.165) is 11.3 Å². The zero-order valence-electron chi connectivity index (χ0n) is 13.5. The Labute approximate surface area is 140 Å². The number of piperidine rings is 1. The number of ether oxygens (including phenoxy) is 1. The summed E-state index contributed by atoms with van der Waals surface area (Å²) >= 11 is 0. The topological polar surface area (TPSA) is 105 Å². The molecule has 1 aromatic rings. The van der Waals surface area contributed by atoms with Gasteiger partial charge in [0.2, 0.25) is 5.91 Å². The highest BCUT2D eigenvalue weighted by Gasteiger charge is 2.39. The first-order valence-corrected chi connectivity index (χ1v) is 8.24. The number of hydrogen-bond acceptors (Lipinski definition) is 5. The predicted molar refractivity (Wildman–Crippen MR) is 87.3 cm³/mol. The van der Waals surface area contributed by atoms with Crippen molar-refractivity contribution in [2.45, 2.75) is 30.9 Å². The van der Waals surface area contributed by atoms with Gasteiger partial charge in [0, 0.05) is 18.5 Å². The van der Waals surface area contributed by atoms with Crippen molar-refractivity contribution in [3.63, 3.8) is 0 Å². The summed E-state index contributed by atoms with van der Waals surface area (Å²) in [6.45, 7) is 1.45. The number of nitrogens with zero attached hydrogens (tertiary/aromatic N) is 1. The molecule has 2 amide bonds. The second-order valence-corrected chi connectivity index (χ2v) is 6.51. The van der Waals surface area contributed by atoms with Crippen LogP contribution in [0.15, 0.2) is 24.3 Å². The highest BCUT2D eigenvalue weighted by molar-refractivity contribution is 5.84. The molecule has 3 rings (SSSR count). The minimum atomic E-state index is -1.54. The molecule has 0 saturated carbocycles. The van der Waals surface area contributed by atoms with Crippen LogP contribution in [0.2, 0.25) is 0 Å². The molecule has 4 N–H and O–H groups in total. The molecule has 1 saturated heterocycles. The third-order valence-electron chi connectivity index (χ3n) is 4.67. The molecule has 1 aromatic carbocycles. The molecule has 2 aliphatic heterocycles. The Kier molecular flexibility index (Phi) is 4.73. The van der Waals surface area contributed by atoms with Gasteiger partial charge in [-0.25, -0.2) is 0 Å². The maximum atomic E-state index is 12.4. The Hall–Kier alpha value is -2.12. The fourth-order valence-electron chi connectivity index (χ4n) is 3.39. The van der Waals surface area contributed by atoms with Crippen LogP contribution in [0.1, 0.15) is 30.9 Å². The molecule has 24 heavy (non-hydrogen) atoms. The third kappa shape index (κ3) is 3.52. The van der Waals surface area contributed by atoms with Crippen molar-refractivity contribution in [2.75, 3.05) is 26.2 Å². The number of fused-ring (bicyclic) bond motifs is 1. The fourth-order valence-corrected chi connectivity index (χ4v) is 3.39. The monoisotopic (exact) mass is 333 g/mol. The van der Waals surface area contributed by atoms with Crippen molar-refractivity contribution in [1.82, 2.24) is 10.2 Å². The van der Waals surface area contributed by atoms with Crippen LogP contribution in [0, 0.1) is 0 Å². The molecule has 0 spiro atoms. The zero-order valence-corrected chi connectivity index (χ0v) is 13.5. The number of benzene rings is 1. The van der Waals surface area contributed by atoms with Crippen molar-refractivity contribution >= 4 is 11.8 Å². The van der Waals surface area contributed by atoms with Crippen LogP contribution in [0.4, 0.5) is 0 Å². The van der Waals surface area contributed by atoms with Crippen LogP contribution < -0.4 is 15.8 Å². The Balaban J connectivity index is 1.60. The number of likely N-dealkylation sites (tertiary alicyclic amines) is 1. The van der Waals surface area contributed by atoms with Gasteiger partial charge in [-0.3, -0.25) is 14.5 Å². The third-order valence-corrected chi connectivity index (χ3v) is 4.67. The lowest BCUT2D eigenvalue weighted by Gasteiger charge is -2.37. The van der Waals surface area contributed by atoms with Gasteiger partial charge in [-0.2, -0.15) is 0 Å². The lowest BCUT2D eigenvalue weighted by Crippen LogP contribution is -2.57. The normalized spacial score (nSPS) is 27.0. The van der Waals surface area contributed by atoms with E-state index in [9.17, 15) is 14.7 Å². The van der Waals surface area contributed by atoms with Crippen molar-refractivity contribution in [3.8, 4) is 5.75 Å². The molecule has 130 valence electrons. The van der Waals surface area contributed by atoms with Crippen molar-refractivity contribution < 1.29 is 19.4 Å². The number of nitrogens with one attached hydrogen (secondary N) is 1. The van der Waals surface area contributed by atoms with Gasteiger partial charge in [0.15, 0.2) is 5.60 Å². The molecule has 2 aliphatic rings. The molecule has 7 heteroatoms. The lowest BCUT2D eigenvalue weighted by atomic mass is 9.92. The van der Waals surface area contributed by atoms with E-state index in [4.69, 9.17) is 10.5 Å². The van der Waals surface area contributed by atoms with Crippen LogP contribution in [0.25, 0.3) is 0 Å². The van der Waals surface area contributed by atoms with Crippen LogP contribution >= 0.6 is 0 Å². The van der Waals surface area contributed by atoms with Gasteiger partial charge in [0.1, 0.15) is 5.75 Å². The average Bonchev–Trinajstić information content (AvgIpc) is 2.55. The van der Waals surface area contributed by atoms with Crippen molar-refractivity contribution in [3.05, 3.63) is 29.8 Å². The number of para-hydroxylation sites is 1. The summed E-state index contributed by atoms with van der Waals surface area (Å²) in [5.41, 5.74) is 4.71. The van der Waals surface area contributed by atoms with Crippen LogP contribution in [-0.2, 0) is 9.59 Å². The molecule has 0 radical (unpaired) electrons. The van der Waals surface area contributed by atoms with E-state index < -0.39 is 11.5 Å². The van der Waals surface area contributed by atoms with Crippen molar-refractivity contribution in [2.24, 2.45) is 5.73 Å². The number of nitrogens with two attached hydrogens (primary N) is 1. The average molecular weight is 333 g/mol. The number of rotatable bonds is 4. The number of carbonyl (C=O) groups is 2. The highest BCUT2D eigenvalue weighted by atomic mass is 16.5. The van der Waals surface area contributed by atoms with Gasteiger partial charge >= 0.3 is 0 Å². The van der Waals surface area contributed by atoms with Gasteiger partial charge in [0.05, 0.1) is 19.2 Å². The fraction of sp³-hybridized carbons (Fsp3) is 0.529. The Morgan fingerprint density at radius 3 is 3.00 bits per heavy atom. The second-order valence-electron chi connectivity index (χ2n) is 6.51. The number of aliphatic hydroxyl groups is 1. The smallest absolute Gasteiger partial charge is 0.250 e. The quantitative estimate of drug-likeness (QED) is 0.716. The van der Waals surface area contributed by atoms with Crippen LogP contribution in [-0.4, -0.2) is 53.7 Å². The van der Waals surface area contributed by atoms with E-state index in [1.807, 2.05) is 24.3 Å². The lowest BCUT2D eigenvalue weighted by molar-refractivity contribution is -0.143. The Morgan fingerprint density at radius 1 is 1.42 bits per heavy atom. The van der Waals surface area contributed by atoms with E-state index in [1.165, 1.54) is 0 Å². The summed E-state index contributed by atoms with van der Waals surface area (Å²) in [6, 6.07) is 7.59. The minimum Gasteiger partial charge on any atom is -0.493 e. The number of primary amides is 1. The van der Waals surface area contributed by atoms with Gasteiger partial charge < -0.3 is 20.9 Å². The van der Waals surface area contributed by atoms with Gasteiger partial charge in [0.25, 0.3) is 5.91 Å². The molecule has 2 heterocycles. The van der Waals surface area contributed by atoms with Gasteiger partial charge in [-0.1, -0.05) is 18.2 Å². The molecule has 0 bridgehead atoms. The summed E-state index contributed by atoms with van der Waals surface area (Å²) < 4.78 is 5.59. The number of carbonyl (C=O) groups excluding carboxylic acids is 2. The second kappa shape index (κ2) is 6.78. The van der Waals surface area contributed by atoms with Gasteiger partial charge in [-0.05, 0) is 25.5 Å². The first-order chi connectivity index (χ1) is 11.5. The molecular weight excluding hydrogens is 310 g/mol. The largest absolute Gasteiger partial charge is 0.493 e.